The van der Waals surface area contributed by atoms with Crippen LogP contribution in [-0.4, -0.2) is 33.7 Å². The number of nitrogens with zero attached hydrogens (tertiary/aromatic N) is 1. The minimum absolute atomic E-state index is 0.146. The number of carbonyl (C=O) groups excluding carboxylic acids is 1. The molecule has 1 N–H and O–H groups in total. The van der Waals surface area contributed by atoms with Crippen molar-refractivity contribution < 1.29 is 13.2 Å². The number of amides is 1. The summed E-state index contributed by atoms with van der Waals surface area (Å²) in [4.78, 5) is 12.4. The monoisotopic (exact) mass is 374 g/mol. The lowest BCUT2D eigenvalue weighted by Crippen LogP contribution is -2.41. The molecule has 0 fully saturated rings. The number of anilines is 1. The van der Waals surface area contributed by atoms with E-state index in [1.165, 1.54) is 0 Å². The molecule has 0 aliphatic heterocycles. The molecule has 2 rings (SSSR count). The lowest BCUT2D eigenvalue weighted by molar-refractivity contribution is -0.119. The smallest absolute Gasteiger partial charge is 0.240 e. The summed E-state index contributed by atoms with van der Waals surface area (Å²) in [6.07, 6.45) is 1.12. The summed E-state index contributed by atoms with van der Waals surface area (Å²) in [6.45, 7) is 5.97. The van der Waals surface area contributed by atoms with E-state index in [2.05, 4.69) is 5.32 Å². The molecule has 0 aliphatic carbocycles. The Morgan fingerprint density at radius 3 is 2.38 bits per heavy atom. The number of carbonyl (C=O) groups is 1. The highest BCUT2D eigenvalue weighted by Gasteiger charge is 2.22. The molecule has 0 saturated heterocycles. The SMILES string of the molecule is Cc1ccc(C)c(N(CC(=O)NC[C@H](C)c2ccccc2)S(C)(=O)=O)c1. The van der Waals surface area contributed by atoms with Crippen LogP contribution in [0.5, 0.6) is 0 Å². The molecule has 140 valence electrons. The van der Waals surface area contributed by atoms with E-state index in [1.807, 2.05) is 63.2 Å². The van der Waals surface area contributed by atoms with Crippen molar-refractivity contribution in [1.29, 1.82) is 0 Å². The molecule has 0 spiro atoms. The Kier molecular flexibility index (Phi) is 6.42. The molecule has 1 amide bonds. The molecule has 0 unspecified atom stereocenters. The molecule has 5 nitrogen and oxygen atoms in total. The summed E-state index contributed by atoms with van der Waals surface area (Å²) >= 11 is 0. The van der Waals surface area contributed by atoms with E-state index < -0.39 is 10.0 Å². The summed E-state index contributed by atoms with van der Waals surface area (Å²) in [5.74, 6) is -0.174. The summed E-state index contributed by atoms with van der Waals surface area (Å²) in [7, 11) is -3.57. The van der Waals surface area contributed by atoms with Crippen LogP contribution in [-0.2, 0) is 14.8 Å². The number of aryl methyl sites for hydroxylation is 2. The first kappa shape index (κ1) is 20.0. The molecule has 1 atom stereocenters. The van der Waals surface area contributed by atoms with Gasteiger partial charge in [-0.25, -0.2) is 8.42 Å². The van der Waals surface area contributed by atoms with Crippen LogP contribution in [0.1, 0.15) is 29.5 Å². The van der Waals surface area contributed by atoms with Crippen molar-refractivity contribution in [3.05, 3.63) is 65.2 Å². The molecule has 0 heterocycles. The van der Waals surface area contributed by atoms with Gasteiger partial charge in [0.15, 0.2) is 0 Å². The largest absolute Gasteiger partial charge is 0.354 e. The van der Waals surface area contributed by atoms with Gasteiger partial charge < -0.3 is 5.32 Å². The van der Waals surface area contributed by atoms with Gasteiger partial charge >= 0.3 is 0 Å². The molecule has 0 aliphatic rings. The maximum Gasteiger partial charge on any atom is 0.240 e. The summed E-state index contributed by atoms with van der Waals surface area (Å²) in [6, 6.07) is 15.4. The van der Waals surface area contributed by atoms with Gasteiger partial charge in [-0.3, -0.25) is 9.10 Å². The fourth-order valence-corrected chi connectivity index (χ4v) is 3.63. The van der Waals surface area contributed by atoms with Gasteiger partial charge in [0.2, 0.25) is 15.9 Å². The first-order valence-corrected chi connectivity index (χ1v) is 10.4. The van der Waals surface area contributed by atoms with Gasteiger partial charge in [-0.2, -0.15) is 0 Å². The second kappa shape index (κ2) is 8.36. The average molecular weight is 375 g/mol. The van der Waals surface area contributed by atoms with Crippen molar-refractivity contribution in [2.75, 3.05) is 23.7 Å². The molecule has 0 radical (unpaired) electrons. The van der Waals surface area contributed by atoms with Crippen LogP contribution < -0.4 is 9.62 Å². The highest BCUT2D eigenvalue weighted by Crippen LogP contribution is 2.23. The first-order chi connectivity index (χ1) is 12.2. The molecule has 2 aromatic carbocycles. The highest BCUT2D eigenvalue weighted by molar-refractivity contribution is 7.92. The highest BCUT2D eigenvalue weighted by atomic mass is 32.2. The quantitative estimate of drug-likeness (QED) is 0.810. The molecule has 0 bridgehead atoms. The molecule has 6 heteroatoms. The van der Waals surface area contributed by atoms with Gasteiger partial charge in [0.25, 0.3) is 0 Å². The van der Waals surface area contributed by atoms with Crippen molar-refractivity contribution in [2.24, 2.45) is 0 Å². The Morgan fingerprint density at radius 1 is 1.12 bits per heavy atom. The molecular formula is C20H26N2O3S. The van der Waals surface area contributed by atoms with Gasteiger partial charge in [0.05, 0.1) is 11.9 Å². The second-order valence-electron chi connectivity index (χ2n) is 6.68. The topological polar surface area (TPSA) is 66.5 Å². The van der Waals surface area contributed by atoms with Crippen molar-refractivity contribution in [3.63, 3.8) is 0 Å². The molecule has 26 heavy (non-hydrogen) atoms. The zero-order chi connectivity index (χ0) is 19.3. The fourth-order valence-electron chi connectivity index (χ4n) is 2.72. The number of rotatable bonds is 7. The number of nitrogens with one attached hydrogen (secondary N) is 1. The van der Waals surface area contributed by atoms with Crippen LogP contribution in [0.15, 0.2) is 48.5 Å². The fraction of sp³-hybridized carbons (Fsp3) is 0.350. The summed E-state index contributed by atoms with van der Waals surface area (Å²) in [5.41, 5.74) is 3.42. The maximum atomic E-state index is 12.4. The summed E-state index contributed by atoms with van der Waals surface area (Å²) in [5, 5.41) is 2.84. The maximum absolute atomic E-state index is 12.4. The van der Waals surface area contributed by atoms with E-state index in [1.54, 1.807) is 6.07 Å². The van der Waals surface area contributed by atoms with E-state index in [0.717, 1.165) is 27.3 Å². The lowest BCUT2D eigenvalue weighted by Gasteiger charge is -2.24. The third-order valence-electron chi connectivity index (χ3n) is 4.29. The van der Waals surface area contributed by atoms with E-state index in [0.29, 0.717) is 12.2 Å². The van der Waals surface area contributed by atoms with Gasteiger partial charge in [0, 0.05) is 6.54 Å². The predicted octanol–water partition coefficient (Wildman–Crippen LogP) is 2.99. The standard InChI is InChI=1S/C20H26N2O3S/c1-15-10-11-16(2)19(12-15)22(26(4,24)25)14-20(23)21-13-17(3)18-8-6-5-7-9-18/h5-12,17H,13-14H2,1-4H3,(H,21,23)/t17-/m0/s1. The van der Waals surface area contributed by atoms with Crippen LogP contribution in [0.4, 0.5) is 5.69 Å². The lowest BCUT2D eigenvalue weighted by atomic mass is 10.0. The van der Waals surface area contributed by atoms with Crippen LogP contribution in [0.25, 0.3) is 0 Å². The number of hydrogen-bond donors (Lipinski definition) is 1. The molecule has 2 aromatic rings. The predicted molar refractivity (Wildman–Crippen MR) is 106 cm³/mol. The van der Waals surface area contributed by atoms with Crippen LogP contribution in [0, 0.1) is 13.8 Å². The Balaban J connectivity index is 2.09. The normalized spacial score (nSPS) is 12.5. The first-order valence-electron chi connectivity index (χ1n) is 8.55. The van der Waals surface area contributed by atoms with E-state index in [4.69, 9.17) is 0 Å². The molecule has 0 aromatic heterocycles. The van der Waals surface area contributed by atoms with Gasteiger partial charge in [-0.05, 0) is 42.5 Å². The Morgan fingerprint density at radius 2 is 1.77 bits per heavy atom. The zero-order valence-electron chi connectivity index (χ0n) is 15.7. The Bertz CT molecular complexity index is 864. The van der Waals surface area contributed by atoms with Crippen molar-refractivity contribution in [3.8, 4) is 0 Å². The van der Waals surface area contributed by atoms with Crippen LogP contribution in [0.3, 0.4) is 0 Å². The van der Waals surface area contributed by atoms with E-state index in [-0.39, 0.29) is 18.4 Å². The third kappa shape index (κ3) is 5.33. The van der Waals surface area contributed by atoms with Crippen molar-refractivity contribution in [1.82, 2.24) is 5.32 Å². The zero-order valence-corrected chi connectivity index (χ0v) is 16.5. The van der Waals surface area contributed by atoms with E-state index >= 15 is 0 Å². The number of benzene rings is 2. The summed E-state index contributed by atoms with van der Waals surface area (Å²) < 4.78 is 25.6. The van der Waals surface area contributed by atoms with Crippen LogP contribution in [0.2, 0.25) is 0 Å². The molecular weight excluding hydrogens is 348 g/mol. The van der Waals surface area contributed by atoms with Gasteiger partial charge in [-0.15, -0.1) is 0 Å². The van der Waals surface area contributed by atoms with E-state index in [9.17, 15) is 13.2 Å². The number of sulfonamides is 1. The van der Waals surface area contributed by atoms with Gasteiger partial charge in [0.1, 0.15) is 6.54 Å². The Labute approximate surface area is 156 Å². The van der Waals surface area contributed by atoms with Crippen molar-refractivity contribution >= 4 is 21.6 Å². The molecule has 0 saturated carbocycles. The van der Waals surface area contributed by atoms with Crippen LogP contribution >= 0.6 is 0 Å². The Hall–Kier alpha value is -2.34. The second-order valence-corrected chi connectivity index (χ2v) is 8.58. The third-order valence-corrected chi connectivity index (χ3v) is 5.42. The van der Waals surface area contributed by atoms with Gasteiger partial charge in [-0.1, -0.05) is 49.4 Å². The van der Waals surface area contributed by atoms with Crippen molar-refractivity contribution in [2.45, 2.75) is 26.7 Å². The minimum atomic E-state index is -3.57. The number of hydrogen-bond acceptors (Lipinski definition) is 3. The minimum Gasteiger partial charge on any atom is -0.354 e. The average Bonchev–Trinajstić information content (AvgIpc) is 2.59.